The summed E-state index contributed by atoms with van der Waals surface area (Å²) in [7, 11) is 5.31. The van der Waals surface area contributed by atoms with Gasteiger partial charge in [0, 0.05) is 38.6 Å². The molecule has 154 valence electrons. The number of nitrogens with one attached hydrogen (secondary N) is 1. The molecule has 0 aliphatic rings. The van der Waals surface area contributed by atoms with Gasteiger partial charge in [-0.25, -0.2) is 0 Å². The maximum atomic E-state index is 11.1. The Hall–Kier alpha value is -3.07. The highest BCUT2D eigenvalue weighted by Crippen LogP contribution is 2.31. The first-order valence-corrected chi connectivity index (χ1v) is 9.71. The van der Waals surface area contributed by atoms with Crippen LogP contribution in [0.1, 0.15) is 18.1 Å². The first-order valence-electron chi connectivity index (χ1n) is 9.08. The Bertz CT molecular complexity index is 899. The van der Waals surface area contributed by atoms with E-state index in [2.05, 4.69) is 33.3 Å². The number of phenols is 1. The van der Waals surface area contributed by atoms with E-state index in [0.29, 0.717) is 23.7 Å². The minimum absolute atomic E-state index is 0.0758. The zero-order valence-corrected chi connectivity index (χ0v) is 17.9. The maximum absolute atomic E-state index is 11.1. The van der Waals surface area contributed by atoms with Gasteiger partial charge in [0.15, 0.2) is 5.84 Å². The summed E-state index contributed by atoms with van der Waals surface area (Å²) in [6.07, 6.45) is 2.33. The third kappa shape index (κ3) is 5.05. The highest BCUT2D eigenvalue weighted by atomic mass is 32.1. The Morgan fingerprint density at radius 1 is 1.24 bits per heavy atom. The predicted octanol–water partition coefficient (Wildman–Crippen LogP) is 3.72. The summed E-state index contributed by atoms with van der Waals surface area (Å²) in [4.78, 5) is 18.8. The fourth-order valence-corrected chi connectivity index (χ4v) is 3.22. The zero-order chi connectivity index (χ0) is 21.4. The summed E-state index contributed by atoms with van der Waals surface area (Å²) in [6, 6.07) is 10.9. The van der Waals surface area contributed by atoms with Crippen LogP contribution in [0.3, 0.4) is 0 Å². The summed E-state index contributed by atoms with van der Waals surface area (Å²) < 4.78 is 0. The Kier molecular flexibility index (Phi) is 8.02. The van der Waals surface area contributed by atoms with Crippen LogP contribution in [0.15, 0.2) is 51.7 Å². The predicted molar refractivity (Wildman–Crippen MR) is 124 cm³/mol. The lowest BCUT2D eigenvalue weighted by Crippen LogP contribution is -2.32. The van der Waals surface area contributed by atoms with Crippen LogP contribution in [0.4, 0.5) is 17.1 Å². The van der Waals surface area contributed by atoms with Crippen LogP contribution in [0, 0.1) is 4.91 Å². The molecule has 0 bridgehead atoms. The average Bonchev–Trinajstić information content (AvgIpc) is 2.74. The number of nitroso groups, excluding NO2 is 1. The van der Waals surface area contributed by atoms with Crippen molar-refractivity contribution < 1.29 is 5.11 Å². The van der Waals surface area contributed by atoms with Gasteiger partial charge in [-0.05, 0) is 47.5 Å². The van der Waals surface area contributed by atoms with Crippen molar-refractivity contribution in [1.29, 1.82) is 0 Å². The Balaban J connectivity index is 2.51. The molecule has 0 radical (unpaired) electrons. The minimum Gasteiger partial charge on any atom is -0.507 e. The van der Waals surface area contributed by atoms with Gasteiger partial charge in [-0.1, -0.05) is 6.92 Å². The van der Waals surface area contributed by atoms with Crippen molar-refractivity contribution >= 4 is 41.9 Å². The van der Waals surface area contributed by atoms with Gasteiger partial charge in [-0.2, -0.15) is 17.7 Å². The van der Waals surface area contributed by atoms with E-state index >= 15 is 0 Å². The number of aromatic hydroxyl groups is 1. The van der Waals surface area contributed by atoms with Gasteiger partial charge in [0.1, 0.15) is 11.4 Å². The van der Waals surface area contributed by atoms with Gasteiger partial charge in [-0.3, -0.25) is 4.99 Å². The monoisotopic (exact) mass is 414 g/mol. The number of aliphatic imine (C=N–C) groups is 1. The van der Waals surface area contributed by atoms with Gasteiger partial charge in [-0.15, -0.1) is 4.91 Å². The molecule has 0 spiro atoms. The SMILES string of the molecule is CCc1cc(/C(=N/NC)N(CS)c2ccc(N(C)C=NC)cc2)c(O)cc1N=O. The van der Waals surface area contributed by atoms with E-state index in [1.807, 2.05) is 48.0 Å². The van der Waals surface area contributed by atoms with E-state index in [-0.39, 0.29) is 11.4 Å². The topological polar surface area (TPSA) is 92.9 Å². The van der Waals surface area contributed by atoms with Crippen LogP contribution in [-0.2, 0) is 6.42 Å². The highest BCUT2D eigenvalue weighted by molar-refractivity contribution is 7.80. The Morgan fingerprint density at radius 3 is 2.41 bits per heavy atom. The molecule has 0 atom stereocenters. The summed E-state index contributed by atoms with van der Waals surface area (Å²) >= 11 is 4.47. The number of amidine groups is 1. The molecule has 0 aliphatic heterocycles. The normalized spacial score (nSPS) is 11.6. The number of thiol groups is 1. The molecule has 2 aromatic rings. The molecule has 0 heterocycles. The fourth-order valence-electron chi connectivity index (χ4n) is 2.92. The largest absolute Gasteiger partial charge is 0.507 e. The number of benzene rings is 2. The van der Waals surface area contributed by atoms with Crippen LogP contribution >= 0.6 is 12.6 Å². The fraction of sp³-hybridized carbons (Fsp3) is 0.300. The van der Waals surface area contributed by atoms with Crippen molar-refractivity contribution in [3.8, 4) is 5.75 Å². The molecule has 9 heteroatoms. The van der Waals surface area contributed by atoms with Gasteiger partial charge < -0.3 is 20.3 Å². The molecular weight excluding hydrogens is 388 g/mol. The van der Waals surface area contributed by atoms with E-state index < -0.39 is 0 Å². The molecule has 2 rings (SSSR count). The molecule has 0 aliphatic carbocycles. The van der Waals surface area contributed by atoms with E-state index in [1.165, 1.54) is 6.07 Å². The third-order valence-electron chi connectivity index (χ3n) is 4.39. The van der Waals surface area contributed by atoms with Crippen molar-refractivity contribution in [2.24, 2.45) is 15.3 Å². The summed E-state index contributed by atoms with van der Waals surface area (Å²) in [6.45, 7) is 1.92. The molecular formula is C20H26N6O2S. The average molecular weight is 415 g/mol. The second-order valence-corrected chi connectivity index (χ2v) is 6.46. The van der Waals surface area contributed by atoms with Crippen LogP contribution in [0.25, 0.3) is 0 Å². The van der Waals surface area contributed by atoms with Crippen molar-refractivity contribution in [1.82, 2.24) is 5.43 Å². The highest BCUT2D eigenvalue weighted by Gasteiger charge is 2.20. The molecule has 0 saturated carbocycles. The lowest BCUT2D eigenvalue weighted by atomic mass is 10.0. The van der Waals surface area contributed by atoms with Gasteiger partial charge in [0.25, 0.3) is 0 Å². The number of phenolic OH excluding ortho intramolecular Hbond substituents is 1. The van der Waals surface area contributed by atoms with Crippen LogP contribution in [-0.4, -0.2) is 44.3 Å². The van der Waals surface area contributed by atoms with Gasteiger partial charge in [0.05, 0.1) is 17.8 Å². The summed E-state index contributed by atoms with van der Waals surface area (Å²) in [5, 5.41) is 17.9. The maximum Gasteiger partial charge on any atom is 0.164 e. The second-order valence-electron chi connectivity index (χ2n) is 6.17. The van der Waals surface area contributed by atoms with Crippen LogP contribution in [0.5, 0.6) is 5.75 Å². The summed E-state index contributed by atoms with van der Waals surface area (Å²) in [5.74, 6) is 0.720. The van der Waals surface area contributed by atoms with E-state index in [0.717, 1.165) is 16.9 Å². The molecule has 0 unspecified atom stereocenters. The number of anilines is 2. The molecule has 0 aromatic heterocycles. The molecule has 0 saturated heterocycles. The van der Waals surface area contributed by atoms with Crippen LogP contribution in [0.2, 0.25) is 0 Å². The molecule has 29 heavy (non-hydrogen) atoms. The van der Waals surface area contributed by atoms with Gasteiger partial charge >= 0.3 is 0 Å². The number of rotatable bonds is 8. The quantitative estimate of drug-likeness (QED) is 0.153. The minimum atomic E-state index is -0.0758. The lowest BCUT2D eigenvalue weighted by molar-refractivity contribution is 0.474. The molecule has 0 fully saturated rings. The number of nitrogens with zero attached hydrogens (tertiary/aromatic N) is 5. The molecule has 2 N–H and O–H groups in total. The van der Waals surface area contributed by atoms with Crippen molar-refractivity contribution in [3.63, 3.8) is 0 Å². The number of aryl methyl sites for hydroxylation is 1. The molecule has 0 amide bonds. The molecule has 2 aromatic carbocycles. The van der Waals surface area contributed by atoms with Crippen LogP contribution < -0.4 is 15.2 Å². The third-order valence-corrected chi connectivity index (χ3v) is 4.67. The summed E-state index contributed by atoms with van der Waals surface area (Å²) in [5.41, 5.74) is 6.03. The van der Waals surface area contributed by atoms with Crippen molar-refractivity contribution in [3.05, 3.63) is 52.4 Å². The first-order chi connectivity index (χ1) is 14.0. The second kappa shape index (κ2) is 10.5. The van der Waals surface area contributed by atoms with Crippen molar-refractivity contribution in [2.45, 2.75) is 13.3 Å². The number of hydrogen-bond donors (Lipinski definition) is 3. The lowest BCUT2D eigenvalue weighted by Gasteiger charge is -2.26. The Morgan fingerprint density at radius 2 is 1.90 bits per heavy atom. The van der Waals surface area contributed by atoms with Crippen molar-refractivity contribution in [2.75, 3.05) is 36.8 Å². The van der Waals surface area contributed by atoms with E-state index in [1.54, 1.807) is 26.5 Å². The zero-order valence-electron chi connectivity index (χ0n) is 17.0. The Labute approximate surface area is 176 Å². The standard InChI is InChI=1S/C20H26N6O2S/c1-5-14-10-17(19(27)11-18(14)24-28)20(23-22-3)26(13-29)16-8-6-15(7-9-16)25(4)12-21-2/h6-12,22,27,29H,5,13H2,1-4H3/b21-12?,23-20-. The number of hydrazone groups is 1. The number of hydrogen-bond acceptors (Lipinski definition) is 7. The van der Waals surface area contributed by atoms with Gasteiger partial charge in [0.2, 0.25) is 0 Å². The van der Waals surface area contributed by atoms with E-state index in [4.69, 9.17) is 0 Å². The molecule has 8 nitrogen and oxygen atoms in total. The van der Waals surface area contributed by atoms with E-state index in [9.17, 15) is 10.0 Å². The smallest absolute Gasteiger partial charge is 0.164 e. The first kappa shape index (κ1) is 22.2.